The zero-order valence-corrected chi connectivity index (χ0v) is 12.6. The van der Waals surface area contributed by atoms with Crippen LogP contribution in [-0.4, -0.2) is 43.3 Å². The van der Waals surface area contributed by atoms with Crippen molar-refractivity contribution in [1.82, 2.24) is 4.90 Å². The number of benzene rings is 1. The Kier molecular flexibility index (Phi) is 5.78. The van der Waals surface area contributed by atoms with E-state index in [0.29, 0.717) is 18.1 Å². The van der Waals surface area contributed by atoms with Crippen molar-refractivity contribution in [2.75, 3.05) is 26.2 Å². The first kappa shape index (κ1) is 15.7. The van der Waals surface area contributed by atoms with Gasteiger partial charge in [0.2, 0.25) is 0 Å². The Morgan fingerprint density at radius 2 is 2.35 bits per heavy atom. The van der Waals surface area contributed by atoms with Crippen LogP contribution in [0.3, 0.4) is 0 Å². The molecule has 0 bridgehead atoms. The van der Waals surface area contributed by atoms with Crippen LogP contribution >= 0.6 is 11.6 Å². The van der Waals surface area contributed by atoms with Crippen LogP contribution in [0, 0.1) is 5.82 Å². The fraction of sp³-hybridized carbons (Fsp3) is 0.600. The average Bonchev–Trinajstić information content (AvgIpc) is 2.43. The lowest BCUT2D eigenvalue weighted by Crippen LogP contribution is -2.51. The number of nitrogens with zero attached hydrogens (tertiary/aromatic N) is 1. The van der Waals surface area contributed by atoms with Crippen LogP contribution in [0.25, 0.3) is 0 Å². The van der Waals surface area contributed by atoms with E-state index in [0.717, 1.165) is 31.6 Å². The molecule has 2 atom stereocenters. The zero-order chi connectivity index (χ0) is 14.5. The summed E-state index contributed by atoms with van der Waals surface area (Å²) in [6.45, 7) is 5.72. The molecule has 20 heavy (non-hydrogen) atoms. The van der Waals surface area contributed by atoms with Gasteiger partial charge in [0, 0.05) is 24.2 Å². The summed E-state index contributed by atoms with van der Waals surface area (Å²) in [5, 5.41) is 0.558. The lowest BCUT2D eigenvalue weighted by Gasteiger charge is -2.35. The van der Waals surface area contributed by atoms with Gasteiger partial charge in [-0.1, -0.05) is 18.5 Å². The van der Waals surface area contributed by atoms with Crippen LogP contribution < -0.4 is 5.73 Å². The number of hydrogen-bond acceptors (Lipinski definition) is 3. The van der Waals surface area contributed by atoms with E-state index in [1.807, 2.05) is 0 Å². The largest absolute Gasteiger partial charge is 0.374 e. The summed E-state index contributed by atoms with van der Waals surface area (Å²) in [4.78, 5) is 2.36. The number of ether oxygens (including phenoxy) is 1. The Bertz CT molecular complexity index is 442. The van der Waals surface area contributed by atoms with Crippen molar-refractivity contribution in [1.29, 1.82) is 0 Å². The van der Waals surface area contributed by atoms with E-state index in [1.54, 1.807) is 6.07 Å². The summed E-state index contributed by atoms with van der Waals surface area (Å²) in [6, 6.07) is 4.21. The van der Waals surface area contributed by atoms with Crippen molar-refractivity contribution in [2.24, 2.45) is 5.73 Å². The van der Waals surface area contributed by atoms with Crippen molar-refractivity contribution >= 4 is 11.6 Å². The Morgan fingerprint density at radius 3 is 3.10 bits per heavy atom. The first-order chi connectivity index (χ1) is 9.60. The summed E-state index contributed by atoms with van der Waals surface area (Å²) >= 11 is 6.08. The van der Waals surface area contributed by atoms with Gasteiger partial charge in [-0.3, -0.25) is 4.90 Å². The number of morpholine rings is 1. The second-order valence-corrected chi connectivity index (χ2v) is 5.72. The molecule has 1 aliphatic heterocycles. The van der Waals surface area contributed by atoms with Crippen molar-refractivity contribution < 1.29 is 9.13 Å². The van der Waals surface area contributed by atoms with Crippen LogP contribution in [0.4, 0.5) is 4.39 Å². The van der Waals surface area contributed by atoms with Gasteiger partial charge in [0.05, 0.1) is 12.7 Å². The molecule has 0 aliphatic carbocycles. The van der Waals surface area contributed by atoms with Gasteiger partial charge in [-0.25, -0.2) is 4.39 Å². The highest BCUT2D eigenvalue weighted by Crippen LogP contribution is 2.20. The Balaban J connectivity index is 1.96. The maximum Gasteiger partial charge on any atom is 0.123 e. The average molecular weight is 301 g/mol. The van der Waals surface area contributed by atoms with E-state index in [4.69, 9.17) is 22.1 Å². The molecular formula is C15H22ClFN2O. The van der Waals surface area contributed by atoms with Gasteiger partial charge in [-0.2, -0.15) is 0 Å². The molecule has 0 aromatic heterocycles. The van der Waals surface area contributed by atoms with Gasteiger partial charge in [-0.05, 0) is 43.1 Å². The second kappa shape index (κ2) is 7.36. The molecule has 0 saturated carbocycles. The summed E-state index contributed by atoms with van der Waals surface area (Å²) in [5.74, 6) is -0.284. The highest BCUT2D eigenvalue weighted by molar-refractivity contribution is 6.31. The second-order valence-electron chi connectivity index (χ2n) is 5.31. The highest BCUT2D eigenvalue weighted by atomic mass is 35.5. The van der Waals surface area contributed by atoms with E-state index in [-0.39, 0.29) is 18.0 Å². The first-order valence-electron chi connectivity index (χ1n) is 7.13. The first-order valence-corrected chi connectivity index (χ1v) is 7.51. The van der Waals surface area contributed by atoms with E-state index in [2.05, 4.69) is 11.8 Å². The molecule has 2 unspecified atom stereocenters. The van der Waals surface area contributed by atoms with E-state index >= 15 is 0 Å². The quantitative estimate of drug-likeness (QED) is 0.908. The molecule has 1 aliphatic rings. The molecule has 0 spiro atoms. The predicted octanol–water partition coefficient (Wildman–Crippen LogP) is 2.46. The van der Waals surface area contributed by atoms with Crippen molar-refractivity contribution in [2.45, 2.75) is 31.9 Å². The zero-order valence-electron chi connectivity index (χ0n) is 11.8. The maximum absolute atomic E-state index is 13.3. The smallest absolute Gasteiger partial charge is 0.123 e. The van der Waals surface area contributed by atoms with E-state index < -0.39 is 0 Å². The molecule has 2 N–H and O–H groups in total. The monoisotopic (exact) mass is 300 g/mol. The Morgan fingerprint density at radius 1 is 1.55 bits per heavy atom. The molecule has 5 heteroatoms. The lowest BCUT2D eigenvalue weighted by molar-refractivity contribution is -0.0400. The molecule has 1 aromatic carbocycles. The van der Waals surface area contributed by atoms with Crippen LogP contribution in [0.2, 0.25) is 5.02 Å². The third-order valence-corrected chi connectivity index (χ3v) is 4.03. The van der Waals surface area contributed by atoms with Crippen LogP contribution in [0.1, 0.15) is 18.9 Å². The van der Waals surface area contributed by atoms with Gasteiger partial charge in [0.15, 0.2) is 0 Å². The Hall–Kier alpha value is -0.680. The SMILES string of the molecule is CCCN1CCOC(C(N)Cc2cc(F)ccc2Cl)C1. The fourth-order valence-corrected chi connectivity index (χ4v) is 2.79. The van der Waals surface area contributed by atoms with Crippen LogP contribution in [0.5, 0.6) is 0 Å². The molecule has 0 radical (unpaired) electrons. The summed E-state index contributed by atoms with van der Waals surface area (Å²) in [7, 11) is 0. The number of hydrogen-bond donors (Lipinski definition) is 1. The van der Waals surface area contributed by atoms with Gasteiger partial charge in [0.1, 0.15) is 5.82 Å². The molecule has 1 fully saturated rings. The molecule has 112 valence electrons. The number of nitrogens with two attached hydrogens (primary N) is 1. The minimum absolute atomic E-state index is 0.0189. The minimum atomic E-state index is -0.284. The topological polar surface area (TPSA) is 38.5 Å². The summed E-state index contributed by atoms with van der Waals surface area (Å²) in [5.41, 5.74) is 6.97. The van der Waals surface area contributed by atoms with Crippen LogP contribution in [0.15, 0.2) is 18.2 Å². The third kappa shape index (κ3) is 4.16. The maximum atomic E-state index is 13.3. The van der Waals surface area contributed by atoms with Gasteiger partial charge in [-0.15, -0.1) is 0 Å². The van der Waals surface area contributed by atoms with Crippen molar-refractivity contribution in [3.8, 4) is 0 Å². The van der Waals surface area contributed by atoms with Crippen molar-refractivity contribution in [3.05, 3.63) is 34.6 Å². The molecule has 1 saturated heterocycles. The summed E-state index contributed by atoms with van der Waals surface area (Å²) < 4.78 is 19.0. The van der Waals surface area contributed by atoms with E-state index in [9.17, 15) is 4.39 Å². The molecule has 1 aromatic rings. The van der Waals surface area contributed by atoms with Gasteiger partial charge in [0.25, 0.3) is 0 Å². The molecule has 2 rings (SSSR count). The van der Waals surface area contributed by atoms with Crippen LogP contribution in [-0.2, 0) is 11.2 Å². The predicted molar refractivity (Wildman–Crippen MR) is 79.6 cm³/mol. The molecule has 0 amide bonds. The normalized spacial score (nSPS) is 21.9. The lowest BCUT2D eigenvalue weighted by atomic mass is 10.0. The third-order valence-electron chi connectivity index (χ3n) is 3.66. The van der Waals surface area contributed by atoms with Gasteiger partial charge < -0.3 is 10.5 Å². The highest BCUT2D eigenvalue weighted by Gasteiger charge is 2.26. The number of halogens is 2. The minimum Gasteiger partial charge on any atom is -0.374 e. The molecule has 3 nitrogen and oxygen atoms in total. The van der Waals surface area contributed by atoms with Crippen molar-refractivity contribution in [3.63, 3.8) is 0 Å². The molecule has 1 heterocycles. The number of rotatable bonds is 5. The Labute approximate surface area is 124 Å². The fourth-order valence-electron chi connectivity index (χ4n) is 2.60. The summed E-state index contributed by atoms with van der Waals surface area (Å²) in [6.07, 6.45) is 1.63. The van der Waals surface area contributed by atoms with Gasteiger partial charge >= 0.3 is 0 Å². The van der Waals surface area contributed by atoms with E-state index in [1.165, 1.54) is 12.1 Å². The molecular weight excluding hydrogens is 279 g/mol. The standard InChI is InChI=1S/C15H22ClFN2O/c1-2-5-19-6-7-20-15(10-19)14(18)9-11-8-12(17)3-4-13(11)16/h3-4,8,14-15H,2,5-7,9-10,18H2,1H3.